The highest BCUT2D eigenvalue weighted by molar-refractivity contribution is 5.25. The Morgan fingerprint density at radius 3 is 2.96 bits per heavy atom. The minimum atomic E-state index is -0.0710. The van der Waals surface area contributed by atoms with Gasteiger partial charge >= 0.3 is 0 Å². The Hall–Kier alpha value is -2.02. The van der Waals surface area contributed by atoms with E-state index in [1.54, 1.807) is 13.3 Å². The minimum Gasteiger partial charge on any atom is -0.481 e. The van der Waals surface area contributed by atoms with Crippen molar-refractivity contribution in [2.24, 2.45) is 0 Å². The molecule has 6 nitrogen and oxygen atoms in total. The van der Waals surface area contributed by atoms with Crippen LogP contribution in [0.15, 0.2) is 36.5 Å². The molecule has 0 N–H and O–H groups in total. The largest absolute Gasteiger partial charge is 0.481 e. The molecule has 0 unspecified atom stereocenters. The molecule has 2 fully saturated rings. The second kappa shape index (κ2) is 7.92. The van der Waals surface area contributed by atoms with Gasteiger partial charge in [-0.2, -0.15) is 0 Å². The maximum atomic E-state index is 6.15. The molecule has 2 aromatic heterocycles. The van der Waals surface area contributed by atoms with E-state index in [1.165, 1.54) is 0 Å². The Balaban J connectivity index is 1.29. The fraction of sp³-hybridized carbons (Fsp3) is 0.524. The van der Waals surface area contributed by atoms with Gasteiger partial charge in [-0.05, 0) is 31.5 Å². The van der Waals surface area contributed by atoms with E-state index in [1.807, 2.05) is 31.2 Å². The van der Waals surface area contributed by atoms with Crippen molar-refractivity contribution in [2.75, 3.05) is 26.8 Å². The van der Waals surface area contributed by atoms with Crippen LogP contribution in [0.2, 0.25) is 0 Å². The van der Waals surface area contributed by atoms with Gasteiger partial charge in [-0.1, -0.05) is 12.1 Å². The number of hydrogen-bond donors (Lipinski definition) is 0. The molecule has 0 amide bonds. The van der Waals surface area contributed by atoms with Crippen molar-refractivity contribution in [3.63, 3.8) is 0 Å². The predicted molar refractivity (Wildman–Crippen MR) is 102 cm³/mol. The molecule has 4 heterocycles. The quantitative estimate of drug-likeness (QED) is 0.780. The van der Waals surface area contributed by atoms with E-state index >= 15 is 0 Å². The Kier molecular flexibility index (Phi) is 5.38. The Morgan fingerprint density at radius 2 is 2.15 bits per heavy atom. The lowest BCUT2D eigenvalue weighted by Crippen LogP contribution is -2.65. The zero-order chi connectivity index (χ0) is 18.7. The van der Waals surface area contributed by atoms with E-state index in [9.17, 15) is 0 Å². The van der Waals surface area contributed by atoms with E-state index in [-0.39, 0.29) is 11.7 Å². The summed E-state index contributed by atoms with van der Waals surface area (Å²) in [6, 6.07) is 10.1. The number of likely N-dealkylation sites (tertiary alicyclic amines) is 1. The first-order valence-electron chi connectivity index (χ1n) is 9.54. The lowest BCUT2D eigenvalue weighted by molar-refractivity contribution is -0.200. The van der Waals surface area contributed by atoms with E-state index in [0.29, 0.717) is 12.5 Å². The molecule has 1 atom stereocenters. The topological polar surface area (TPSA) is 56.7 Å². The first kappa shape index (κ1) is 18.3. The Morgan fingerprint density at radius 1 is 1.26 bits per heavy atom. The van der Waals surface area contributed by atoms with Crippen LogP contribution in [0.4, 0.5) is 0 Å². The first-order chi connectivity index (χ1) is 13.2. The molecule has 2 aliphatic heterocycles. The molecule has 2 aliphatic rings. The van der Waals surface area contributed by atoms with Crippen molar-refractivity contribution in [3.05, 3.63) is 53.5 Å². The fourth-order valence-electron chi connectivity index (χ4n) is 4.08. The molecule has 2 saturated heterocycles. The summed E-state index contributed by atoms with van der Waals surface area (Å²) < 4.78 is 17.7. The SMILES string of the molecule is COc1ncccc1CN1CC2(C[C@H](OCc3cccc(C)n3)CCO2)C1. The van der Waals surface area contributed by atoms with Gasteiger partial charge in [0.2, 0.25) is 5.88 Å². The highest BCUT2D eigenvalue weighted by Crippen LogP contribution is 2.36. The summed E-state index contributed by atoms with van der Waals surface area (Å²) in [5, 5.41) is 0. The van der Waals surface area contributed by atoms with Crippen molar-refractivity contribution < 1.29 is 14.2 Å². The van der Waals surface area contributed by atoms with E-state index in [2.05, 4.69) is 20.9 Å². The molecule has 144 valence electrons. The summed E-state index contributed by atoms with van der Waals surface area (Å²) >= 11 is 0. The van der Waals surface area contributed by atoms with Gasteiger partial charge in [0.05, 0.1) is 31.1 Å². The molecule has 1 spiro atoms. The molecule has 4 rings (SSSR count). The fourth-order valence-corrected chi connectivity index (χ4v) is 4.08. The second-order valence-corrected chi connectivity index (χ2v) is 7.54. The number of ether oxygens (including phenoxy) is 3. The second-order valence-electron chi connectivity index (χ2n) is 7.54. The number of methoxy groups -OCH3 is 1. The normalized spacial score (nSPS) is 21.8. The number of aromatic nitrogens is 2. The lowest BCUT2D eigenvalue weighted by Gasteiger charge is -2.53. The van der Waals surface area contributed by atoms with Crippen LogP contribution >= 0.6 is 0 Å². The van der Waals surface area contributed by atoms with Crippen molar-refractivity contribution in [1.29, 1.82) is 0 Å². The molecular weight excluding hydrogens is 342 g/mol. The maximum Gasteiger partial charge on any atom is 0.217 e. The van der Waals surface area contributed by atoms with Crippen molar-refractivity contribution in [3.8, 4) is 5.88 Å². The van der Waals surface area contributed by atoms with E-state index < -0.39 is 0 Å². The summed E-state index contributed by atoms with van der Waals surface area (Å²) in [4.78, 5) is 11.2. The van der Waals surface area contributed by atoms with Crippen LogP contribution < -0.4 is 4.74 Å². The van der Waals surface area contributed by atoms with Gasteiger partial charge in [-0.25, -0.2) is 4.98 Å². The molecule has 2 aromatic rings. The van der Waals surface area contributed by atoms with Gasteiger partial charge < -0.3 is 14.2 Å². The number of aryl methyl sites for hydroxylation is 1. The third kappa shape index (κ3) is 4.29. The third-order valence-corrected chi connectivity index (χ3v) is 5.32. The zero-order valence-electron chi connectivity index (χ0n) is 16.1. The van der Waals surface area contributed by atoms with Gasteiger partial charge in [0.1, 0.15) is 0 Å². The highest BCUT2D eigenvalue weighted by Gasteiger charge is 2.47. The van der Waals surface area contributed by atoms with Gasteiger partial charge in [0.25, 0.3) is 0 Å². The van der Waals surface area contributed by atoms with Crippen LogP contribution in [0.1, 0.15) is 29.8 Å². The predicted octanol–water partition coefficient (Wildman–Crippen LogP) is 2.74. The third-order valence-electron chi connectivity index (χ3n) is 5.32. The van der Waals surface area contributed by atoms with Gasteiger partial charge in [-0.15, -0.1) is 0 Å². The van der Waals surface area contributed by atoms with Crippen LogP contribution in [0.5, 0.6) is 5.88 Å². The minimum absolute atomic E-state index is 0.0710. The van der Waals surface area contributed by atoms with Crippen LogP contribution in [0, 0.1) is 6.92 Å². The smallest absolute Gasteiger partial charge is 0.217 e. The van der Waals surface area contributed by atoms with Crippen LogP contribution in [-0.4, -0.2) is 53.4 Å². The molecule has 0 saturated carbocycles. The molecule has 0 bridgehead atoms. The monoisotopic (exact) mass is 369 g/mol. The van der Waals surface area contributed by atoms with Crippen LogP contribution in [0.3, 0.4) is 0 Å². The summed E-state index contributed by atoms with van der Waals surface area (Å²) in [5.41, 5.74) is 3.07. The molecule has 0 aliphatic carbocycles. The average Bonchev–Trinajstić information content (AvgIpc) is 2.66. The maximum absolute atomic E-state index is 6.15. The van der Waals surface area contributed by atoms with Crippen molar-refractivity contribution >= 4 is 0 Å². The Bertz CT molecular complexity index is 777. The van der Waals surface area contributed by atoms with Crippen LogP contribution in [0.25, 0.3) is 0 Å². The van der Waals surface area contributed by atoms with Gasteiger partial charge in [0, 0.05) is 50.1 Å². The molecule has 6 heteroatoms. The van der Waals surface area contributed by atoms with Crippen molar-refractivity contribution in [2.45, 2.75) is 44.6 Å². The molecule has 0 aromatic carbocycles. The van der Waals surface area contributed by atoms with Gasteiger partial charge in [-0.3, -0.25) is 9.88 Å². The first-order valence-corrected chi connectivity index (χ1v) is 9.54. The van der Waals surface area contributed by atoms with Crippen LogP contribution in [-0.2, 0) is 22.6 Å². The Labute approximate surface area is 160 Å². The summed E-state index contributed by atoms with van der Waals surface area (Å²) in [7, 11) is 1.67. The number of rotatable bonds is 6. The summed E-state index contributed by atoms with van der Waals surface area (Å²) in [6.07, 6.45) is 3.88. The van der Waals surface area contributed by atoms with E-state index in [4.69, 9.17) is 14.2 Å². The van der Waals surface area contributed by atoms with E-state index in [0.717, 1.165) is 56.0 Å². The highest BCUT2D eigenvalue weighted by atomic mass is 16.5. The summed E-state index contributed by atoms with van der Waals surface area (Å²) in [6.45, 7) is 6.02. The number of pyridine rings is 2. The average molecular weight is 369 g/mol. The van der Waals surface area contributed by atoms with Crippen molar-refractivity contribution in [1.82, 2.24) is 14.9 Å². The zero-order valence-corrected chi connectivity index (χ0v) is 16.1. The molecular formula is C21H27N3O3. The standard InChI is InChI=1S/C21H27N3O3/c1-16-5-3-7-18(23-16)13-26-19-8-10-27-21(11-19)14-24(15-21)12-17-6-4-9-22-20(17)25-2/h3-7,9,19H,8,10-15H2,1-2H3/t19-/m1/s1. The number of hydrogen-bond acceptors (Lipinski definition) is 6. The summed E-state index contributed by atoms with van der Waals surface area (Å²) in [5.74, 6) is 0.704. The molecule has 0 radical (unpaired) electrons. The lowest BCUT2D eigenvalue weighted by atomic mass is 9.84. The van der Waals surface area contributed by atoms with Gasteiger partial charge in [0.15, 0.2) is 0 Å². The molecule has 27 heavy (non-hydrogen) atoms. The number of nitrogens with zero attached hydrogens (tertiary/aromatic N) is 3.